The zero-order valence-corrected chi connectivity index (χ0v) is 13.3. The van der Waals surface area contributed by atoms with Gasteiger partial charge in [0, 0.05) is 25.8 Å². The molecular weight excluding hydrogens is 268 g/mol. The number of anilines is 2. The minimum absolute atomic E-state index is 0.233. The van der Waals surface area contributed by atoms with Gasteiger partial charge in [-0.1, -0.05) is 20.8 Å². The molecule has 0 atom stereocenters. The summed E-state index contributed by atoms with van der Waals surface area (Å²) in [4.78, 5) is 23.4. The van der Waals surface area contributed by atoms with Crippen LogP contribution in [0.1, 0.15) is 46.5 Å². The third-order valence-electron chi connectivity index (χ3n) is 3.89. The second-order valence-electron chi connectivity index (χ2n) is 7.03. The molecule has 1 saturated heterocycles. The van der Waals surface area contributed by atoms with Crippen molar-refractivity contribution in [1.82, 2.24) is 0 Å². The lowest BCUT2D eigenvalue weighted by molar-refractivity contribution is 0.0904. The Kier molecular flexibility index (Phi) is 5.04. The Morgan fingerprint density at radius 1 is 1.10 bits per heavy atom. The summed E-state index contributed by atoms with van der Waals surface area (Å²) in [6.07, 6.45) is 3.82. The lowest BCUT2D eigenvalue weighted by atomic mass is 9.90. The largest absolute Gasteiger partial charge is 0.381 e. The number of hydrogen-bond acceptors (Lipinski definition) is 5. The summed E-state index contributed by atoms with van der Waals surface area (Å²) in [5.41, 5.74) is 0.460. The Balaban J connectivity index is 1.87. The topological polar surface area (TPSA) is 67.4 Å². The third kappa shape index (κ3) is 4.30. The summed E-state index contributed by atoms with van der Waals surface area (Å²) in [5, 5.41) is 6.34. The third-order valence-corrected chi connectivity index (χ3v) is 3.89. The van der Waals surface area contributed by atoms with Gasteiger partial charge in [-0.15, -0.1) is 0 Å². The van der Waals surface area contributed by atoms with Crippen LogP contribution >= 0.6 is 0 Å². The predicted octanol–water partition coefficient (Wildman–Crippen LogP) is 2.11. The molecule has 0 aromatic heterocycles. The van der Waals surface area contributed by atoms with E-state index >= 15 is 0 Å². The first-order valence-electron chi connectivity index (χ1n) is 7.80. The first-order valence-corrected chi connectivity index (χ1v) is 7.80. The number of rotatable bonds is 6. The molecule has 1 fully saturated rings. The van der Waals surface area contributed by atoms with Gasteiger partial charge in [-0.05, 0) is 31.1 Å². The summed E-state index contributed by atoms with van der Waals surface area (Å²) in [5.74, 6) is 0. The van der Waals surface area contributed by atoms with Crippen LogP contribution in [0.5, 0.6) is 0 Å². The van der Waals surface area contributed by atoms with Crippen molar-refractivity contribution in [3.8, 4) is 0 Å². The van der Waals surface area contributed by atoms with Gasteiger partial charge in [-0.25, -0.2) is 0 Å². The van der Waals surface area contributed by atoms with E-state index < -0.39 is 0 Å². The van der Waals surface area contributed by atoms with Gasteiger partial charge in [0.2, 0.25) is 0 Å². The van der Waals surface area contributed by atoms with Crippen LogP contribution in [0.3, 0.4) is 0 Å². The van der Waals surface area contributed by atoms with Crippen LogP contribution in [0.4, 0.5) is 11.4 Å². The van der Waals surface area contributed by atoms with E-state index in [0.29, 0.717) is 30.0 Å². The maximum atomic E-state index is 11.7. The quantitative estimate of drug-likeness (QED) is 0.621. The Hall–Kier alpha value is -1.36. The first kappa shape index (κ1) is 16.0. The zero-order chi connectivity index (χ0) is 15.5. The molecule has 118 valence electrons. The first-order chi connectivity index (χ1) is 9.88. The van der Waals surface area contributed by atoms with Crippen molar-refractivity contribution in [2.45, 2.75) is 52.5 Å². The van der Waals surface area contributed by atoms with Gasteiger partial charge in [0.15, 0.2) is 0 Å². The van der Waals surface area contributed by atoms with Crippen LogP contribution in [-0.4, -0.2) is 25.8 Å². The Bertz CT molecular complexity index is 532. The molecule has 1 aliphatic rings. The van der Waals surface area contributed by atoms with Gasteiger partial charge >= 0.3 is 0 Å². The van der Waals surface area contributed by atoms with Gasteiger partial charge in [0.05, 0.1) is 0 Å². The predicted molar refractivity (Wildman–Crippen MR) is 86.0 cm³/mol. The van der Waals surface area contributed by atoms with Crippen molar-refractivity contribution in [2.24, 2.45) is 5.41 Å². The highest BCUT2D eigenvalue weighted by Gasteiger charge is 2.24. The molecule has 0 saturated carbocycles. The Morgan fingerprint density at radius 2 is 1.71 bits per heavy atom. The van der Waals surface area contributed by atoms with Crippen LogP contribution in [0.15, 0.2) is 9.59 Å². The molecule has 5 nitrogen and oxygen atoms in total. The van der Waals surface area contributed by atoms with E-state index in [4.69, 9.17) is 4.74 Å². The van der Waals surface area contributed by atoms with Crippen molar-refractivity contribution < 1.29 is 4.74 Å². The standard InChI is InChI=1S/C16H26N2O3/c1-16(2,3)7-4-8-17-12-13(15(20)14(12)19)18-11-5-9-21-10-6-11/h11,17-18H,4-10H2,1-3H3. The van der Waals surface area contributed by atoms with Crippen molar-refractivity contribution >= 4 is 11.4 Å². The van der Waals surface area contributed by atoms with Crippen molar-refractivity contribution in [3.05, 3.63) is 20.4 Å². The maximum absolute atomic E-state index is 11.7. The fourth-order valence-corrected chi connectivity index (χ4v) is 2.58. The van der Waals surface area contributed by atoms with Crippen LogP contribution in [0.25, 0.3) is 0 Å². The molecule has 0 unspecified atom stereocenters. The van der Waals surface area contributed by atoms with Gasteiger partial charge in [0.1, 0.15) is 11.4 Å². The molecule has 5 heteroatoms. The summed E-state index contributed by atoms with van der Waals surface area (Å²) in [6.45, 7) is 8.74. The molecule has 1 aliphatic heterocycles. The van der Waals surface area contributed by atoms with E-state index in [2.05, 4.69) is 31.4 Å². The van der Waals surface area contributed by atoms with Crippen LogP contribution < -0.4 is 21.5 Å². The second kappa shape index (κ2) is 6.60. The summed E-state index contributed by atoms with van der Waals surface area (Å²) >= 11 is 0. The summed E-state index contributed by atoms with van der Waals surface area (Å²) < 4.78 is 5.30. The second-order valence-corrected chi connectivity index (χ2v) is 7.03. The summed E-state index contributed by atoms with van der Waals surface area (Å²) in [6, 6.07) is 0.233. The molecular formula is C16H26N2O3. The van der Waals surface area contributed by atoms with E-state index in [-0.39, 0.29) is 16.9 Å². The van der Waals surface area contributed by atoms with E-state index in [1.807, 2.05) is 0 Å². The van der Waals surface area contributed by atoms with E-state index in [1.54, 1.807) is 0 Å². The number of nitrogens with one attached hydrogen (secondary N) is 2. The van der Waals surface area contributed by atoms with Crippen molar-refractivity contribution in [2.75, 3.05) is 30.4 Å². The zero-order valence-electron chi connectivity index (χ0n) is 13.3. The smallest absolute Gasteiger partial charge is 0.253 e. The molecule has 1 heterocycles. The molecule has 1 aromatic rings. The molecule has 0 spiro atoms. The number of hydrogen-bond donors (Lipinski definition) is 2. The lowest BCUT2D eigenvalue weighted by Crippen LogP contribution is -2.41. The monoisotopic (exact) mass is 294 g/mol. The number of ether oxygens (including phenoxy) is 1. The van der Waals surface area contributed by atoms with Crippen LogP contribution in [0, 0.1) is 5.41 Å². The van der Waals surface area contributed by atoms with Crippen LogP contribution in [0.2, 0.25) is 0 Å². The highest BCUT2D eigenvalue weighted by atomic mass is 16.5. The van der Waals surface area contributed by atoms with Gasteiger partial charge in [0.25, 0.3) is 10.9 Å². The Labute approximate surface area is 125 Å². The van der Waals surface area contributed by atoms with Crippen molar-refractivity contribution in [1.29, 1.82) is 0 Å². The minimum atomic E-state index is -0.389. The van der Waals surface area contributed by atoms with Gasteiger partial charge in [-0.2, -0.15) is 0 Å². The highest BCUT2D eigenvalue weighted by Crippen LogP contribution is 2.22. The molecule has 1 aromatic carbocycles. The molecule has 0 bridgehead atoms. The lowest BCUT2D eigenvalue weighted by Gasteiger charge is -2.26. The van der Waals surface area contributed by atoms with E-state index in [9.17, 15) is 9.59 Å². The van der Waals surface area contributed by atoms with E-state index in [0.717, 1.165) is 32.2 Å². The fraction of sp³-hybridized carbons (Fsp3) is 0.750. The Morgan fingerprint density at radius 3 is 2.33 bits per heavy atom. The molecule has 2 rings (SSSR count). The van der Waals surface area contributed by atoms with Gasteiger partial charge < -0.3 is 15.4 Å². The van der Waals surface area contributed by atoms with E-state index in [1.165, 1.54) is 0 Å². The average Bonchev–Trinajstić information content (AvgIpc) is 2.45. The van der Waals surface area contributed by atoms with Crippen molar-refractivity contribution in [3.63, 3.8) is 0 Å². The SMILES string of the molecule is CC(C)(C)CCCNc1c(NC2CCOCC2)c(=O)c1=O. The molecule has 2 N–H and O–H groups in total. The maximum Gasteiger partial charge on any atom is 0.253 e. The van der Waals surface area contributed by atoms with Gasteiger partial charge in [-0.3, -0.25) is 9.59 Å². The van der Waals surface area contributed by atoms with Crippen LogP contribution in [-0.2, 0) is 4.74 Å². The molecule has 0 radical (unpaired) electrons. The summed E-state index contributed by atoms with van der Waals surface area (Å²) in [7, 11) is 0. The molecule has 21 heavy (non-hydrogen) atoms. The molecule has 0 aliphatic carbocycles. The minimum Gasteiger partial charge on any atom is -0.381 e. The average molecular weight is 294 g/mol. The fourth-order valence-electron chi connectivity index (χ4n) is 2.58. The molecule has 0 amide bonds. The normalized spacial score (nSPS) is 17.1. The highest BCUT2D eigenvalue weighted by molar-refractivity contribution is 5.74.